The summed E-state index contributed by atoms with van der Waals surface area (Å²) in [5.41, 5.74) is 2.30. The third-order valence-corrected chi connectivity index (χ3v) is 8.16. The minimum Gasteiger partial charge on any atom is -0.490 e. The molecule has 0 bridgehead atoms. The molecule has 1 fully saturated rings. The molecule has 1 aromatic carbocycles. The second-order valence-corrected chi connectivity index (χ2v) is 11.1. The number of benzene rings is 1. The molecule has 0 unspecified atom stereocenters. The molecule has 9 heteroatoms. The van der Waals surface area contributed by atoms with Crippen LogP contribution in [0.15, 0.2) is 41.4 Å². The smallest absolute Gasteiger partial charge is 0.248 e. The van der Waals surface area contributed by atoms with Crippen molar-refractivity contribution < 1.29 is 27.1 Å². The number of halogens is 2. The van der Waals surface area contributed by atoms with Crippen molar-refractivity contribution in [3.8, 4) is 28.3 Å². The van der Waals surface area contributed by atoms with E-state index < -0.39 is 21.0 Å². The van der Waals surface area contributed by atoms with Crippen LogP contribution in [0.2, 0.25) is 0 Å². The van der Waals surface area contributed by atoms with E-state index in [2.05, 4.69) is 4.98 Å². The van der Waals surface area contributed by atoms with Gasteiger partial charge in [-0.3, -0.25) is 0 Å². The summed E-state index contributed by atoms with van der Waals surface area (Å²) in [5, 5.41) is 9.70. The lowest BCUT2D eigenvalue weighted by Crippen LogP contribution is -2.30. The van der Waals surface area contributed by atoms with Crippen LogP contribution >= 0.6 is 0 Å². The molecule has 0 radical (unpaired) electrons. The topological polar surface area (TPSA) is 81.4 Å². The Morgan fingerprint density at radius 1 is 1.12 bits per heavy atom. The molecule has 0 atom stereocenters. The Kier molecular flexibility index (Phi) is 5.65. The Balaban J connectivity index is 1.84. The number of fused-ring (bicyclic) bond motifs is 1. The normalized spacial score (nSPS) is 17.2. The first-order valence-corrected chi connectivity index (χ1v) is 12.1. The van der Waals surface area contributed by atoms with E-state index in [0.29, 0.717) is 34.0 Å². The maximum Gasteiger partial charge on any atom is 0.248 e. The highest BCUT2D eigenvalue weighted by Gasteiger charge is 2.36. The molecule has 4 rings (SSSR count). The highest BCUT2D eigenvalue weighted by Crippen LogP contribution is 2.42. The van der Waals surface area contributed by atoms with E-state index in [0.717, 1.165) is 4.73 Å². The van der Waals surface area contributed by atoms with Crippen LogP contribution in [-0.4, -0.2) is 40.6 Å². The molecule has 2 heterocycles. The standard InChI is InChI=1S/C23H26F2N2O4S/c1-14(2)32(29,30)17-4-5-21(31-16-6-9-23(24,25)10-7-16)20(13-17)19-12-15(3)27(28)22-18(19)8-11-26-22/h4-5,8,11-14,16,28H,6-7,9-10H2,1-3H3. The Morgan fingerprint density at radius 3 is 2.47 bits per heavy atom. The molecule has 0 saturated heterocycles. The monoisotopic (exact) mass is 464 g/mol. The largest absolute Gasteiger partial charge is 0.490 e. The van der Waals surface area contributed by atoms with Gasteiger partial charge in [0.2, 0.25) is 5.92 Å². The van der Waals surface area contributed by atoms with Gasteiger partial charge in [-0.2, -0.15) is 4.73 Å². The van der Waals surface area contributed by atoms with Gasteiger partial charge < -0.3 is 9.94 Å². The quantitative estimate of drug-likeness (QED) is 0.516. The number of aryl methyl sites for hydroxylation is 1. The first kappa shape index (κ1) is 22.5. The SMILES string of the molecule is Cc1cc(-c2cc(S(=O)(=O)C(C)C)ccc2OC2CCC(F)(F)CC2)c2ccnc-2n1O. The zero-order valence-electron chi connectivity index (χ0n) is 18.2. The summed E-state index contributed by atoms with van der Waals surface area (Å²) in [7, 11) is -3.56. The van der Waals surface area contributed by atoms with Crippen LogP contribution < -0.4 is 4.74 Å². The molecule has 2 aliphatic heterocycles. The Hall–Kier alpha value is -2.68. The molecule has 32 heavy (non-hydrogen) atoms. The summed E-state index contributed by atoms with van der Waals surface area (Å²) in [6.07, 6.45) is 1.13. The number of aromatic nitrogens is 2. The molecule has 1 aliphatic carbocycles. The Bertz CT molecular complexity index is 1210. The van der Waals surface area contributed by atoms with E-state index in [1.807, 2.05) is 0 Å². The van der Waals surface area contributed by atoms with Crippen LogP contribution in [0.5, 0.6) is 5.75 Å². The van der Waals surface area contributed by atoms with Gasteiger partial charge in [0, 0.05) is 30.2 Å². The summed E-state index contributed by atoms with van der Waals surface area (Å²) in [5.74, 6) is -1.92. The van der Waals surface area contributed by atoms with Gasteiger partial charge in [-0.05, 0) is 69.5 Å². The summed E-state index contributed by atoms with van der Waals surface area (Å²) in [6, 6.07) is 8.10. The molecule has 0 amide bonds. The fraction of sp³-hybridized carbons (Fsp3) is 0.435. The van der Waals surface area contributed by atoms with Gasteiger partial charge in [0.05, 0.1) is 21.9 Å². The van der Waals surface area contributed by atoms with Gasteiger partial charge in [-0.25, -0.2) is 22.2 Å². The molecule has 0 aromatic heterocycles. The van der Waals surface area contributed by atoms with Crippen molar-refractivity contribution in [3.05, 3.63) is 42.2 Å². The zero-order chi connectivity index (χ0) is 23.3. The summed E-state index contributed by atoms with van der Waals surface area (Å²) < 4.78 is 60.0. The van der Waals surface area contributed by atoms with Crippen molar-refractivity contribution >= 4 is 9.84 Å². The van der Waals surface area contributed by atoms with Gasteiger partial charge in [-0.1, -0.05) is 0 Å². The maximum absolute atomic E-state index is 13.6. The average molecular weight is 465 g/mol. The number of hydrogen-bond acceptors (Lipinski definition) is 5. The number of pyridine rings is 1. The minimum atomic E-state index is -3.56. The number of rotatable bonds is 5. The van der Waals surface area contributed by atoms with E-state index in [4.69, 9.17) is 4.74 Å². The van der Waals surface area contributed by atoms with Crippen LogP contribution in [0, 0.1) is 6.92 Å². The fourth-order valence-corrected chi connectivity index (χ4v) is 5.11. The van der Waals surface area contributed by atoms with E-state index >= 15 is 0 Å². The highest BCUT2D eigenvalue weighted by atomic mass is 32.2. The fourth-order valence-electron chi connectivity index (χ4n) is 4.03. The molecular weight excluding hydrogens is 438 g/mol. The molecule has 0 spiro atoms. The van der Waals surface area contributed by atoms with Crippen molar-refractivity contribution in [1.29, 1.82) is 0 Å². The van der Waals surface area contributed by atoms with Crippen molar-refractivity contribution in [1.82, 2.24) is 9.71 Å². The molecule has 1 saturated carbocycles. The van der Waals surface area contributed by atoms with Crippen LogP contribution in [0.25, 0.3) is 22.5 Å². The number of nitrogens with zero attached hydrogens (tertiary/aromatic N) is 2. The van der Waals surface area contributed by atoms with E-state index in [1.54, 1.807) is 51.2 Å². The molecule has 1 aromatic rings. The predicted octanol–water partition coefficient (Wildman–Crippen LogP) is 5.34. The third-order valence-electron chi connectivity index (χ3n) is 6.01. The summed E-state index contributed by atoms with van der Waals surface area (Å²) in [4.78, 5) is 4.35. The lowest BCUT2D eigenvalue weighted by Gasteiger charge is -2.29. The van der Waals surface area contributed by atoms with E-state index in [-0.39, 0.29) is 36.7 Å². The van der Waals surface area contributed by atoms with Gasteiger partial charge in [0.1, 0.15) is 5.75 Å². The van der Waals surface area contributed by atoms with Gasteiger partial charge in [0.15, 0.2) is 15.7 Å². The number of sulfone groups is 1. The maximum atomic E-state index is 13.6. The van der Waals surface area contributed by atoms with Crippen molar-refractivity contribution in [2.75, 3.05) is 0 Å². The second-order valence-electron chi connectivity index (χ2n) is 8.62. The molecular formula is C23H26F2N2O4S. The van der Waals surface area contributed by atoms with Crippen LogP contribution in [-0.2, 0) is 9.84 Å². The van der Waals surface area contributed by atoms with Crippen molar-refractivity contribution in [2.24, 2.45) is 0 Å². The van der Waals surface area contributed by atoms with E-state index in [1.165, 1.54) is 6.07 Å². The number of ether oxygens (including phenoxy) is 1. The lowest BCUT2D eigenvalue weighted by molar-refractivity contribution is -0.0581. The van der Waals surface area contributed by atoms with Crippen LogP contribution in [0.4, 0.5) is 8.78 Å². The zero-order valence-corrected chi connectivity index (χ0v) is 19.0. The second kappa shape index (κ2) is 8.03. The predicted molar refractivity (Wildman–Crippen MR) is 116 cm³/mol. The molecule has 172 valence electrons. The lowest BCUT2D eigenvalue weighted by atomic mass is 9.94. The highest BCUT2D eigenvalue weighted by molar-refractivity contribution is 7.92. The van der Waals surface area contributed by atoms with Gasteiger partial charge >= 0.3 is 0 Å². The van der Waals surface area contributed by atoms with Gasteiger partial charge in [0.25, 0.3) is 0 Å². The van der Waals surface area contributed by atoms with Crippen molar-refractivity contribution in [3.63, 3.8) is 0 Å². The first-order valence-electron chi connectivity index (χ1n) is 10.6. The van der Waals surface area contributed by atoms with Gasteiger partial charge in [-0.15, -0.1) is 0 Å². The Labute approximate surface area is 186 Å². The average Bonchev–Trinajstić information content (AvgIpc) is 3.22. The first-order chi connectivity index (χ1) is 15.0. The number of alkyl halides is 2. The number of hydrogen-bond donors (Lipinski definition) is 1. The van der Waals surface area contributed by atoms with Crippen LogP contribution in [0.3, 0.4) is 0 Å². The summed E-state index contributed by atoms with van der Waals surface area (Å²) >= 11 is 0. The Morgan fingerprint density at radius 2 is 1.81 bits per heavy atom. The molecule has 3 aliphatic rings. The third kappa shape index (κ3) is 4.05. The summed E-state index contributed by atoms with van der Waals surface area (Å²) in [6.45, 7) is 4.93. The van der Waals surface area contributed by atoms with E-state index in [9.17, 15) is 22.4 Å². The van der Waals surface area contributed by atoms with Crippen LogP contribution in [0.1, 0.15) is 45.2 Å². The van der Waals surface area contributed by atoms with Crippen molar-refractivity contribution in [2.45, 2.75) is 68.6 Å². The molecule has 6 nitrogen and oxygen atoms in total. The molecule has 1 N–H and O–H groups in total. The minimum absolute atomic E-state index is 0.149.